The lowest BCUT2D eigenvalue weighted by atomic mass is 9.78. The molecule has 2 saturated heterocycles. The summed E-state index contributed by atoms with van der Waals surface area (Å²) in [5, 5.41) is 19.9. The first-order valence-corrected chi connectivity index (χ1v) is 30.7. The van der Waals surface area contributed by atoms with Gasteiger partial charge in [0, 0.05) is 53.1 Å². The van der Waals surface area contributed by atoms with Crippen LogP contribution in [0.15, 0.2) is 195 Å². The van der Waals surface area contributed by atoms with Gasteiger partial charge in [0.1, 0.15) is 35.9 Å². The number of nitrogens with one attached hydrogen (secondary N) is 2. The molecule has 0 bridgehead atoms. The van der Waals surface area contributed by atoms with E-state index in [-0.39, 0.29) is 24.7 Å². The molecule has 92 heavy (non-hydrogen) atoms. The van der Waals surface area contributed by atoms with E-state index in [1.165, 1.54) is 0 Å². The van der Waals surface area contributed by atoms with Crippen LogP contribution in [-0.2, 0) is 47.7 Å². The van der Waals surface area contributed by atoms with E-state index < -0.39 is 61.0 Å². The Kier molecular flexibility index (Phi) is 17.8. The number of halogens is 2. The van der Waals surface area contributed by atoms with E-state index >= 15 is 0 Å². The van der Waals surface area contributed by atoms with Gasteiger partial charge in [-0.25, -0.2) is 19.6 Å². The fourth-order valence-electron chi connectivity index (χ4n) is 11.2. The van der Waals surface area contributed by atoms with Gasteiger partial charge in [0.05, 0.1) is 56.2 Å². The van der Waals surface area contributed by atoms with E-state index in [1.54, 1.807) is 61.2 Å². The number of nitrogens with zero attached hydrogens (tertiary/aromatic N) is 5. The van der Waals surface area contributed by atoms with E-state index in [0.29, 0.717) is 77.9 Å². The molecule has 0 aliphatic carbocycles. The molecule has 6 heterocycles. The summed E-state index contributed by atoms with van der Waals surface area (Å²) in [5.74, 6) is 1.35. The summed E-state index contributed by atoms with van der Waals surface area (Å²) in [4.78, 5) is 46.1. The Morgan fingerprint density at radius 3 is 1.49 bits per heavy atom. The van der Waals surface area contributed by atoms with Crippen LogP contribution < -0.4 is 31.0 Å². The lowest BCUT2D eigenvalue weighted by Gasteiger charge is -2.36. The van der Waals surface area contributed by atoms with Crippen molar-refractivity contribution in [3.63, 3.8) is 0 Å². The monoisotopic (exact) mass is 1270 g/mol. The van der Waals surface area contributed by atoms with Crippen molar-refractivity contribution >= 4 is 94.1 Å². The number of anilines is 2. The van der Waals surface area contributed by atoms with Gasteiger partial charge < -0.3 is 48.2 Å². The Labute approximate surface area is 543 Å². The van der Waals surface area contributed by atoms with Crippen molar-refractivity contribution in [2.24, 2.45) is 0 Å². The number of nitriles is 1. The molecule has 462 valence electrons. The Balaban J connectivity index is 0.759. The summed E-state index contributed by atoms with van der Waals surface area (Å²) in [7, 11) is -1.33. The molecule has 2 fully saturated rings. The second-order valence-corrected chi connectivity index (χ2v) is 25.0. The molecule has 17 nitrogen and oxygen atoms in total. The molecule has 0 amide bonds. The molecule has 3 atom stereocenters. The number of carbonyl (C=O) groups is 2. The van der Waals surface area contributed by atoms with Crippen LogP contribution in [0.3, 0.4) is 0 Å². The quantitative estimate of drug-likeness (QED) is 0.0465. The minimum atomic E-state index is -0.955. The van der Waals surface area contributed by atoms with Crippen molar-refractivity contribution in [1.29, 1.82) is 5.26 Å². The highest BCUT2D eigenvalue weighted by Gasteiger charge is 2.55. The van der Waals surface area contributed by atoms with Gasteiger partial charge in [-0.1, -0.05) is 145 Å². The minimum absolute atomic E-state index is 0.0853. The summed E-state index contributed by atoms with van der Waals surface area (Å²) in [6.07, 6.45) is 5.02. The van der Waals surface area contributed by atoms with Crippen LogP contribution in [0.2, 0.25) is 10.0 Å². The first-order chi connectivity index (χ1) is 44.2. The third-order valence-electron chi connectivity index (χ3n) is 17.3. The number of benzene rings is 6. The zero-order valence-electron chi connectivity index (χ0n) is 51.5. The first kappa shape index (κ1) is 62.8. The molecular weight excluding hydrogens is 1200 g/mol. The molecular formula is C71H63B2Cl2N7O10. The molecule has 3 unspecified atom stereocenters. The molecule has 21 heteroatoms. The highest BCUT2D eigenvalue weighted by atomic mass is 35.5. The molecule has 2 aliphatic heterocycles. The SMILES string of the molecule is CC1(C)OB(c2ccc(COC(=O)Oc3c(C(Nc4ccccn4)c4cc(CC5(C)OB(c6ccc(COC(=O)Oc7c(C(Nc8ccccn8)c8cccc(Cl)c8Cl)ccc8cccnc78)cc6)OC5(C)C)ccc4C#N)ccc4cccnc34)cc2)OC1(C)C. The number of hydrogen-bond donors (Lipinski definition) is 2. The van der Waals surface area contributed by atoms with E-state index in [2.05, 4.69) is 31.7 Å². The smallest absolute Gasteiger partial charge is 0.429 e. The molecule has 2 aliphatic rings. The number of ether oxygens (including phenoxy) is 4. The fraction of sp³-hybridized carbons (Fsp3) is 0.225. The number of rotatable bonds is 18. The van der Waals surface area contributed by atoms with Gasteiger partial charge in [-0.3, -0.25) is 9.97 Å². The maximum atomic E-state index is 13.9. The molecule has 0 radical (unpaired) electrons. The van der Waals surface area contributed by atoms with Gasteiger partial charge >= 0.3 is 26.5 Å². The Hall–Kier alpha value is -9.38. The maximum absolute atomic E-state index is 13.9. The van der Waals surface area contributed by atoms with E-state index in [1.807, 2.05) is 182 Å². The second-order valence-electron chi connectivity index (χ2n) is 24.2. The van der Waals surface area contributed by atoms with Gasteiger partial charge in [0.25, 0.3) is 0 Å². The summed E-state index contributed by atoms with van der Waals surface area (Å²) in [6, 6.07) is 52.5. The van der Waals surface area contributed by atoms with Crippen molar-refractivity contribution in [2.75, 3.05) is 10.6 Å². The molecule has 0 saturated carbocycles. The number of carbonyl (C=O) groups excluding carboxylic acids is 2. The zero-order valence-corrected chi connectivity index (χ0v) is 53.0. The Bertz CT molecular complexity index is 4400. The van der Waals surface area contributed by atoms with Gasteiger partial charge in [-0.2, -0.15) is 5.26 Å². The maximum Gasteiger partial charge on any atom is 0.514 e. The zero-order chi connectivity index (χ0) is 64.4. The minimum Gasteiger partial charge on any atom is -0.429 e. The number of hydrogen-bond acceptors (Lipinski definition) is 17. The van der Waals surface area contributed by atoms with Gasteiger partial charge in [-0.15, -0.1) is 0 Å². The van der Waals surface area contributed by atoms with Gasteiger partial charge in [-0.05, 0) is 136 Å². The van der Waals surface area contributed by atoms with Crippen LogP contribution >= 0.6 is 23.2 Å². The third-order valence-corrected chi connectivity index (χ3v) is 18.2. The topological polar surface area (TPSA) is 207 Å². The first-order valence-electron chi connectivity index (χ1n) is 29.9. The normalized spacial score (nSPS) is 17.0. The van der Waals surface area contributed by atoms with Crippen LogP contribution in [0.25, 0.3) is 21.8 Å². The van der Waals surface area contributed by atoms with E-state index in [9.17, 15) is 14.9 Å². The summed E-state index contributed by atoms with van der Waals surface area (Å²) >= 11 is 13.4. The molecule has 0 spiro atoms. The van der Waals surface area contributed by atoms with Crippen molar-refractivity contribution in [3.05, 3.63) is 249 Å². The summed E-state index contributed by atoms with van der Waals surface area (Å²) < 4.78 is 50.0. The fourth-order valence-corrected chi connectivity index (χ4v) is 11.6. The standard InChI is InChI=1S/C71H63B2Cl2N7O10/c1-68(2)69(3,4)90-72(89-68)50-29-22-44(23-30-50)42-86-67(84)88-65-54(34-28-48-16-14-38-80-61(48)65)63(82-58-20-9-11-36-78-58)55-39-46(21-26-49(55)41-76)40-71(7)70(5,6)91-73(92-71)51-31-24-45(25-32-51)43-85-66(83)87-64-53(33-27-47-15-13-37-79-60(47)64)62(81-57-19-8-10-35-77-57)52-17-12-18-56(74)59(52)75/h8-39,62-63H,40,42-43H2,1-7H3,(H,77,81)(H,78,82). The second kappa shape index (κ2) is 26.1. The average molecular weight is 1270 g/mol. The Morgan fingerprint density at radius 1 is 0.511 bits per heavy atom. The molecule has 4 aromatic heterocycles. The summed E-state index contributed by atoms with van der Waals surface area (Å²) in [5.41, 5.74) is 4.45. The van der Waals surface area contributed by atoms with Crippen LogP contribution in [0.1, 0.15) is 105 Å². The lowest BCUT2D eigenvalue weighted by molar-refractivity contribution is -0.00878. The van der Waals surface area contributed by atoms with Crippen molar-refractivity contribution < 1.29 is 47.2 Å². The largest absolute Gasteiger partial charge is 0.514 e. The highest BCUT2D eigenvalue weighted by Crippen LogP contribution is 2.45. The third kappa shape index (κ3) is 13.2. The van der Waals surface area contributed by atoms with Crippen molar-refractivity contribution in [1.82, 2.24) is 19.9 Å². The molecule has 6 aromatic carbocycles. The number of pyridine rings is 4. The van der Waals surface area contributed by atoms with E-state index in [4.69, 9.17) is 65.8 Å². The lowest BCUT2D eigenvalue weighted by Crippen LogP contribution is -2.46. The summed E-state index contributed by atoms with van der Waals surface area (Å²) in [6.45, 7) is 13.8. The van der Waals surface area contributed by atoms with Crippen molar-refractivity contribution in [2.45, 2.75) is 103 Å². The van der Waals surface area contributed by atoms with Gasteiger partial charge in [0.2, 0.25) is 0 Å². The average Bonchev–Trinajstić information content (AvgIpc) is 1.77. The number of aromatic nitrogens is 4. The predicted octanol–water partition coefficient (Wildman–Crippen LogP) is 14.4. The molecule has 12 rings (SSSR count). The number of fused-ring (bicyclic) bond motifs is 2. The van der Waals surface area contributed by atoms with Crippen LogP contribution in [0, 0.1) is 11.3 Å². The van der Waals surface area contributed by atoms with Crippen LogP contribution in [0.4, 0.5) is 21.2 Å². The molecule has 2 N–H and O–H groups in total. The molecule has 10 aromatic rings. The Morgan fingerprint density at radius 2 is 0.989 bits per heavy atom. The highest BCUT2D eigenvalue weighted by molar-refractivity contribution is 6.62. The van der Waals surface area contributed by atoms with Crippen LogP contribution in [-0.4, -0.2) is 68.9 Å². The van der Waals surface area contributed by atoms with Gasteiger partial charge in [0.15, 0.2) is 11.5 Å². The van der Waals surface area contributed by atoms with E-state index in [0.717, 1.165) is 27.4 Å². The van der Waals surface area contributed by atoms with Crippen LogP contribution in [0.5, 0.6) is 11.5 Å². The predicted molar refractivity (Wildman–Crippen MR) is 354 cm³/mol. The van der Waals surface area contributed by atoms with Crippen molar-refractivity contribution in [3.8, 4) is 17.6 Å².